The van der Waals surface area contributed by atoms with E-state index in [9.17, 15) is 19.2 Å². The van der Waals surface area contributed by atoms with Crippen molar-refractivity contribution in [2.45, 2.75) is 38.8 Å². The highest BCUT2D eigenvalue weighted by Gasteiger charge is 2.26. The molecule has 2 aliphatic carbocycles. The molecule has 7 rings (SSSR count). The second kappa shape index (κ2) is 13.8. The number of rotatable bonds is 14. The fourth-order valence-electron chi connectivity index (χ4n) is 5.82. The van der Waals surface area contributed by atoms with Crippen LogP contribution in [0.4, 0.5) is 11.4 Å². The lowest BCUT2D eigenvalue weighted by Gasteiger charge is -2.09. The van der Waals surface area contributed by atoms with Gasteiger partial charge in [0.15, 0.2) is 0 Å². The first kappa shape index (κ1) is 31.2. The maximum absolute atomic E-state index is 13.1. The fraction of sp³-hybridized carbons (Fsp3) is 0.412. The summed E-state index contributed by atoms with van der Waals surface area (Å²) in [5.74, 6) is 1.42. The van der Waals surface area contributed by atoms with Crippen molar-refractivity contribution in [3.8, 4) is 0 Å². The van der Waals surface area contributed by atoms with Gasteiger partial charge in [-0.25, -0.2) is 0 Å². The highest BCUT2D eigenvalue weighted by atomic mass is 16.2. The summed E-state index contributed by atoms with van der Waals surface area (Å²) in [5, 5.41) is 17.9. The summed E-state index contributed by atoms with van der Waals surface area (Å²) in [5.41, 5.74) is 2.74. The van der Waals surface area contributed by atoms with Crippen LogP contribution in [0.3, 0.4) is 0 Å². The molecule has 0 spiro atoms. The number of aromatic nitrogens is 2. The van der Waals surface area contributed by atoms with Gasteiger partial charge in [-0.2, -0.15) is 0 Å². The Morgan fingerprint density at radius 3 is 1.42 bits per heavy atom. The molecule has 0 unspecified atom stereocenters. The zero-order valence-electron chi connectivity index (χ0n) is 26.7. The molecule has 1 aromatic carbocycles. The molecule has 0 atom stereocenters. The predicted octanol–water partition coefficient (Wildman–Crippen LogP) is 2.08. The summed E-state index contributed by atoms with van der Waals surface area (Å²) < 4.78 is 3.79. The van der Waals surface area contributed by atoms with Crippen LogP contribution in [-0.2, 0) is 13.1 Å². The quantitative estimate of drug-likeness (QED) is 0.155. The van der Waals surface area contributed by atoms with E-state index >= 15 is 0 Å². The van der Waals surface area contributed by atoms with Gasteiger partial charge in [0.1, 0.15) is 23.1 Å². The zero-order valence-corrected chi connectivity index (χ0v) is 26.7. The molecule has 48 heavy (non-hydrogen) atoms. The van der Waals surface area contributed by atoms with Gasteiger partial charge >= 0.3 is 0 Å². The Kier molecular flexibility index (Phi) is 8.95. The van der Waals surface area contributed by atoms with Crippen LogP contribution in [0.15, 0.2) is 58.8 Å². The highest BCUT2D eigenvalue weighted by Crippen LogP contribution is 2.33. The Bertz CT molecular complexity index is 1650. The molecule has 6 N–H and O–H groups in total. The van der Waals surface area contributed by atoms with E-state index in [1.165, 1.54) is 0 Å². The topological polar surface area (TPSA) is 175 Å². The van der Waals surface area contributed by atoms with Crippen molar-refractivity contribution in [1.82, 2.24) is 30.4 Å². The number of anilines is 2. The van der Waals surface area contributed by atoms with Crippen molar-refractivity contribution in [3.05, 3.63) is 71.3 Å². The Morgan fingerprint density at radius 1 is 0.646 bits per heavy atom. The molecular formula is C34H40N10O4. The van der Waals surface area contributed by atoms with Crippen LogP contribution in [0.2, 0.25) is 0 Å². The van der Waals surface area contributed by atoms with E-state index < -0.39 is 0 Å². The second-order valence-electron chi connectivity index (χ2n) is 12.8. The number of carbonyl (C=O) groups is 4. The van der Waals surface area contributed by atoms with Gasteiger partial charge in [-0.05, 0) is 73.9 Å². The Balaban J connectivity index is 0.973. The monoisotopic (exact) mass is 652 g/mol. The number of nitrogens with one attached hydrogen (secondary N) is 6. The molecule has 3 aromatic rings. The minimum absolute atomic E-state index is 0.227. The molecule has 2 fully saturated rings. The minimum Gasteiger partial charge on any atom is -0.370 e. The summed E-state index contributed by atoms with van der Waals surface area (Å²) in [6.45, 7) is 5.04. The second-order valence-corrected chi connectivity index (χ2v) is 12.8. The third-order valence-electron chi connectivity index (χ3n) is 8.81. The molecule has 14 nitrogen and oxygen atoms in total. The summed E-state index contributed by atoms with van der Waals surface area (Å²) in [6.07, 6.45) is 8.08. The van der Waals surface area contributed by atoms with Gasteiger partial charge in [0.05, 0.1) is 37.6 Å². The average molecular weight is 653 g/mol. The van der Waals surface area contributed by atoms with Gasteiger partial charge < -0.3 is 41.0 Å². The number of carbonyl (C=O) groups excluding carboxylic acids is 4. The first-order valence-electron chi connectivity index (χ1n) is 16.6. The van der Waals surface area contributed by atoms with Gasteiger partial charge in [-0.1, -0.05) is 0 Å². The number of aliphatic imine (C=N–C) groups is 2. The number of amides is 4. The van der Waals surface area contributed by atoms with Crippen LogP contribution in [0.5, 0.6) is 0 Å². The molecule has 4 aliphatic rings. The molecule has 0 bridgehead atoms. The van der Waals surface area contributed by atoms with Crippen molar-refractivity contribution < 1.29 is 19.2 Å². The smallest absolute Gasteiger partial charge is 0.268 e. The van der Waals surface area contributed by atoms with Gasteiger partial charge in [-0.3, -0.25) is 29.2 Å². The number of hydrogen-bond donors (Lipinski definition) is 6. The van der Waals surface area contributed by atoms with Crippen molar-refractivity contribution in [3.63, 3.8) is 0 Å². The van der Waals surface area contributed by atoms with E-state index in [1.54, 1.807) is 48.8 Å². The van der Waals surface area contributed by atoms with E-state index in [0.717, 1.165) is 50.4 Å². The van der Waals surface area contributed by atoms with Crippen LogP contribution >= 0.6 is 0 Å². The lowest BCUT2D eigenvalue weighted by molar-refractivity contribution is 0.0941. The van der Waals surface area contributed by atoms with Crippen LogP contribution in [0.1, 0.15) is 67.4 Å². The van der Waals surface area contributed by atoms with Crippen LogP contribution in [0, 0.1) is 11.8 Å². The van der Waals surface area contributed by atoms with E-state index in [1.807, 2.05) is 9.13 Å². The third-order valence-corrected chi connectivity index (χ3v) is 8.81. The molecule has 250 valence electrons. The molecule has 14 heteroatoms. The van der Waals surface area contributed by atoms with Gasteiger partial charge in [0.25, 0.3) is 23.6 Å². The summed E-state index contributed by atoms with van der Waals surface area (Å²) >= 11 is 0. The lowest BCUT2D eigenvalue weighted by Crippen LogP contribution is -2.35. The van der Waals surface area contributed by atoms with E-state index in [4.69, 9.17) is 0 Å². The molecule has 2 aromatic heterocycles. The lowest BCUT2D eigenvalue weighted by atomic mass is 10.1. The van der Waals surface area contributed by atoms with Crippen molar-refractivity contribution >= 4 is 46.7 Å². The number of amidine groups is 2. The molecule has 0 saturated heterocycles. The van der Waals surface area contributed by atoms with Crippen molar-refractivity contribution in [2.75, 3.05) is 49.9 Å². The standard InChI is InChI=1S/C34H40N10O4/c45-31(41-25-13-27(43(19-25)17-21-1-2-21)33(47)39-15-29-35-9-10-36-29)23-5-7-24(8-6-23)32(46)42-26-14-28(44(20-26)18-22-3-4-22)34(48)40-16-30-37-11-12-38-30/h5-8,13-14,19-22H,1-4,9-12,15-18H2,(H,35,36)(H,37,38)(H,39,47)(H,40,48)(H,41,45)(H,42,46). The molecular weight excluding hydrogens is 612 g/mol. The van der Waals surface area contributed by atoms with E-state index in [0.29, 0.717) is 85.0 Å². The number of benzene rings is 1. The molecule has 2 aliphatic heterocycles. The van der Waals surface area contributed by atoms with E-state index in [2.05, 4.69) is 41.9 Å². The average Bonchev–Trinajstić information content (AvgIpc) is 3.79. The number of hydrogen-bond acceptors (Lipinski definition) is 8. The fourth-order valence-corrected chi connectivity index (χ4v) is 5.82. The predicted molar refractivity (Wildman–Crippen MR) is 182 cm³/mol. The first-order valence-corrected chi connectivity index (χ1v) is 16.6. The maximum atomic E-state index is 13.1. The summed E-state index contributed by atoms with van der Waals surface area (Å²) in [4.78, 5) is 61.0. The van der Waals surface area contributed by atoms with Gasteiger partial charge in [0, 0.05) is 49.7 Å². The molecule has 0 radical (unpaired) electrons. The molecule has 2 saturated carbocycles. The third kappa shape index (κ3) is 7.76. The van der Waals surface area contributed by atoms with E-state index in [-0.39, 0.29) is 23.6 Å². The van der Waals surface area contributed by atoms with Gasteiger partial charge in [-0.15, -0.1) is 0 Å². The van der Waals surface area contributed by atoms with Crippen LogP contribution in [-0.4, -0.2) is 83.7 Å². The van der Waals surface area contributed by atoms with Crippen LogP contribution < -0.4 is 31.9 Å². The SMILES string of the molecule is O=C(Nc1cc(C(=O)NCC2=NCCN2)n(CC2CC2)c1)c1ccc(C(=O)Nc2cc(C(=O)NCC3=NCCN3)n(CC3CC3)c2)cc1. The van der Waals surface area contributed by atoms with Crippen molar-refractivity contribution in [2.24, 2.45) is 21.8 Å². The van der Waals surface area contributed by atoms with Crippen molar-refractivity contribution in [1.29, 1.82) is 0 Å². The zero-order chi connectivity index (χ0) is 33.0. The highest BCUT2D eigenvalue weighted by molar-refractivity contribution is 6.08. The Labute approximate surface area is 277 Å². The van der Waals surface area contributed by atoms with Crippen LogP contribution in [0.25, 0.3) is 0 Å². The maximum Gasteiger partial charge on any atom is 0.268 e. The Morgan fingerprint density at radius 2 is 1.06 bits per heavy atom. The largest absolute Gasteiger partial charge is 0.370 e. The Hall–Kier alpha value is -5.40. The van der Waals surface area contributed by atoms with Gasteiger partial charge in [0.2, 0.25) is 0 Å². The summed E-state index contributed by atoms with van der Waals surface area (Å²) in [7, 11) is 0. The normalized spacial score (nSPS) is 16.8. The summed E-state index contributed by atoms with van der Waals surface area (Å²) in [6, 6.07) is 9.73. The molecule has 4 heterocycles. The molecule has 4 amide bonds. The first-order chi connectivity index (χ1) is 23.4. The number of nitrogens with zero attached hydrogens (tertiary/aromatic N) is 4. The minimum atomic E-state index is -0.353.